The number of halogens is 1. The summed E-state index contributed by atoms with van der Waals surface area (Å²) in [7, 11) is 3.97. The van der Waals surface area contributed by atoms with Gasteiger partial charge in [-0.2, -0.15) is 5.10 Å². The fraction of sp³-hybridized carbons (Fsp3) is 0.417. The van der Waals surface area contributed by atoms with Gasteiger partial charge in [0.15, 0.2) is 0 Å². The molecule has 2 aromatic rings. The van der Waals surface area contributed by atoms with Gasteiger partial charge in [0.1, 0.15) is 0 Å². The Hall–Kier alpha value is -0.840. The fourth-order valence-corrected chi connectivity index (χ4v) is 3.09. The third kappa shape index (κ3) is 3.09. The second-order valence-corrected chi connectivity index (χ2v) is 5.71. The molecule has 0 aliphatic heterocycles. The van der Waals surface area contributed by atoms with E-state index in [1.54, 1.807) is 11.3 Å². The zero-order chi connectivity index (χ0) is 12.3. The minimum Gasteiger partial charge on any atom is -0.312 e. The molecule has 0 aromatic carbocycles. The van der Waals surface area contributed by atoms with Gasteiger partial charge in [0.25, 0.3) is 0 Å². The third-order valence-electron chi connectivity index (χ3n) is 2.90. The van der Waals surface area contributed by atoms with Crippen LogP contribution in [-0.2, 0) is 13.5 Å². The molecule has 0 fully saturated rings. The molecule has 2 aromatic heterocycles. The maximum Gasteiger partial charge on any atom is 0.0931 e. The molecule has 1 N–H and O–H groups in total. The monoisotopic (exact) mass is 269 g/mol. The van der Waals surface area contributed by atoms with Crippen LogP contribution in [0.3, 0.4) is 0 Å². The molecule has 0 saturated carbocycles. The molecular weight excluding hydrogens is 254 g/mol. The zero-order valence-electron chi connectivity index (χ0n) is 9.98. The van der Waals surface area contributed by atoms with Crippen molar-refractivity contribution in [1.82, 2.24) is 15.1 Å². The summed E-state index contributed by atoms with van der Waals surface area (Å²) in [5.74, 6) is 0. The molecule has 2 heterocycles. The first-order valence-corrected chi connectivity index (χ1v) is 6.79. The number of aryl methyl sites for hydroxylation is 2. The smallest absolute Gasteiger partial charge is 0.0931 e. The Morgan fingerprint density at radius 1 is 1.47 bits per heavy atom. The van der Waals surface area contributed by atoms with E-state index >= 15 is 0 Å². The lowest BCUT2D eigenvalue weighted by molar-refractivity contribution is 0.543. The van der Waals surface area contributed by atoms with Crippen molar-refractivity contribution in [2.75, 3.05) is 7.05 Å². The van der Waals surface area contributed by atoms with Crippen LogP contribution in [0.25, 0.3) is 0 Å². The molecule has 92 valence electrons. The number of aromatic nitrogens is 2. The largest absolute Gasteiger partial charge is 0.312 e. The van der Waals surface area contributed by atoms with Gasteiger partial charge in [0.2, 0.25) is 0 Å². The number of nitrogens with one attached hydrogen (secondary N) is 1. The van der Waals surface area contributed by atoms with Gasteiger partial charge in [-0.1, -0.05) is 11.6 Å². The third-order valence-corrected chi connectivity index (χ3v) is 4.24. The summed E-state index contributed by atoms with van der Waals surface area (Å²) in [6.45, 7) is 0. The zero-order valence-corrected chi connectivity index (χ0v) is 11.6. The van der Waals surface area contributed by atoms with Crippen LogP contribution in [0.2, 0.25) is 4.34 Å². The standard InChI is InChI=1S/C12H16ClN3S/c1-14-10(11-5-6-12(13)17-11)4-3-9-7-8-15-16(9)2/h5-8,10,14H,3-4H2,1-2H3. The molecule has 1 atom stereocenters. The summed E-state index contributed by atoms with van der Waals surface area (Å²) in [5, 5.41) is 7.51. The quantitative estimate of drug-likeness (QED) is 0.904. The van der Waals surface area contributed by atoms with Crippen LogP contribution < -0.4 is 5.32 Å². The van der Waals surface area contributed by atoms with Crippen molar-refractivity contribution < 1.29 is 0 Å². The van der Waals surface area contributed by atoms with E-state index in [1.807, 2.05) is 31.0 Å². The highest BCUT2D eigenvalue weighted by atomic mass is 35.5. The van der Waals surface area contributed by atoms with Crippen LogP contribution >= 0.6 is 22.9 Å². The van der Waals surface area contributed by atoms with Crippen molar-refractivity contribution in [3.8, 4) is 0 Å². The van der Waals surface area contributed by atoms with Crippen molar-refractivity contribution in [3.05, 3.63) is 39.3 Å². The van der Waals surface area contributed by atoms with Crippen LogP contribution in [-0.4, -0.2) is 16.8 Å². The average Bonchev–Trinajstić information content (AvgIpc) is 2.90. The first kappa shape index (κ1) is 12.6. The highest BCUT2D eigenvalue weighted by Crippen LogP contribution is 2.29. The van der Waals surface area contributed by atoms with Gasteiger partial charge in [-0.25, -0.2) is 0 Å². The van der Waals surface area contributed by atoms with Crippen molar-refractivity contribution in [3.63, 3.8) is 0 Å². The molecule has 0 amide bonds. The number of hydrogen-bond donors (Lipinski definition) is 1. The molecule has 1 unspecified atom stereocenters. The lowest BCUT2D eigenvalue weighted by Gasteiger charge is -2.14. The Labute approximate surface area is 110 Å². The number of nitrogens with zero attached hydrogens (tertiary/aromatic N) is 2. The highest BCUT2D eigenvalue weighted by molar-refractivity contribution is 7.16. The number of rotatable bonds is 5. The fourth-order valence-electron chi connectivity index (χ4n) is 1.88. The summed E-state index contributed by atoms with van der Waals surface area (Å²) in [6.07, 6.45) is 3.90. The van der Waals surface area contributed by atoms with Crippen molar-refractivity contribution in [1.29, 1.82) is 0 Å². The Kier molecular flexibility index (Phi) is 4.20. The van der Waals surface area contributed by atoms with E-state index in [2.05, 4.69) is 22.5 Å². The van der Waals surface area contributed by atoms with Crippen LogP contribution in [0.15, 0.2) is 24.4 Å². The minimum atomic E-state index is 0.363. The van der Waals surface area contributed by atoms with Gasteiger partial charge in [-0.15, -0.1) is 11.3 Å². The molecule has 17 heavy (non-hydrogen) atoms. The van der Waals surface area contributed by atoms with Gasteiger partial charge in [0.05, 0.1) is 4.34 Å². The maximum absolute atomic E-state index is 5.96. The van der Waals surface area contributed by atoms with Crippen LogP contribution in [0.5, 0.6) is 0 Å². The topological polar surface area (TPSA) is 29.9 Å². The highest BCUT2D eigenvalue weighted by Gasteiger charge is 2.12. The van der Waals surface area contributed by atoms with Gasteiger partial charge in [-0.3, -0.25) is 4.68 Å². The summed E-state index contributed by atoms with van der Waals surface area (Å²) < 4.78 is 2.77. The van der Waals surface area contributed by atoms with Crippen molar-refractivity contribution in [2.24, 2.45) is 7.05 Å². The molecule has 0 aliphatic carbocycles. The Morgan fingerprint density at radius 3 is 2.82 bits per heavy atom. The summed E-state index contributed by atoms with van der Waals surface area (Å²) in [6, 6.07) is 6.48. The van der Waals surface area contributed by atoms with Gasteiger partial charge in [-0.05, 0) is 38.1 Å². The minimum absolute atomic E-state index is 0.363. The van der Waals surface area contributed by atoms with Gasteiger partial charge >= 0.3 is 0 Å². The predicted octanol–water partition coefficient (Wildman–Crippen LogP) is 3.03. The molecule has 0 radical (unpaired) electrons. The second-order valence-electron chi connectivity index (χ2n) is 3.97. The SMILES string of the molecule is CNC(CCc1ccnn1C)c1ccc(Cl)s1. The molecule has 0 aliphatic rings. The normalized spacial score (nSPS) is 12.9. The van der Waals surface area contributed by atoms with Gasteiger partial charge in [0, 0.05) is 29.9 Å². The van der Waals surface area contributed by atoms with Crippen LogP contribution in [0.1, 0.15) is 23.0 Å². The molecule has 5 heteroatoms. The van der Waals surface area contributed by atoms with E-state index in [-0.39, 0.29) is 0 Å². The molecule has 3 nitrogen and oxygen atoms in total. The maximum atomic E-state index is 5.96. The molecule has 0 bridgehead atoms. The van der Waals surface area contributed by atoms with Gasteiger partial charge < -0.3 is 5.32 Å². The van der Waals surface area contributed by atoms with E-state index in [0.29, 0.717) is 6.04 Å². The van der Waals surface area contributed by atoms with Crippen molar-refractivity contribution in [2.45, 2.75) is 18.9 Å². The molecular formula is C12H16ClN3S. The number of thiophene rings is 1. The lowest BCUT2D eigenvalue weighted by Crippen LogP contribution is -2.16. The van der Waals surface area contributed by atoms with E-state index in [1.165, 1.54) is 10.6 Å². The summed E-state index contributed by atoms with van der Waals surface area (Å²) in [5.41, 5.74) is 1.26. The van der Waals surface area contributed by atoms with Crippen LogP contribution in [0, 0.1) is 0 Å². The second kappa shape index (κ2) is 5.67. The van der Waals surface area contributed by atoms with E-state index in [4.69, 9.17) is 11.6 Å². The van der Waals surface area contributed by atoms with E-state index < -0.39 is 0 Å². The lowest BCUT2D eigenvalue weighted by atomic mass is 10.1. The Morgan fingerprint density at radius 2 is 2.29 bits per heavy atom. The van der Waals surface area contributed by atoms with Crippen LogP contribution in [0.4, 0.5) is 0 Å². The first-order chi connectivity index (χ1) is 8.20. The molecule has 0 saturated heterocycles. The summed E-state index contributed by atoms with van der Waals surface area (Å²) >= 11 is 7.61. The average molecular weight is 270 g/mol. The van der Waals surface area contributed by atoms with E-state index in [0.717, 1.165) is 17.2 Å². The molecule has 2 rings (SSSR count). The Balaban J connectivity index is 1.99. The summed E-state index contributed by atoms with van der Waals surface area (Å²) in [4.78, 5) is 1.29. The van der Waals surface area contributed by atoms with E-state index in [9.17, 15) is 0 Å². The first-order valence-electron chi connectivity index (χ1n) is 5.60. The van der Waals surface area contributed by atoms with Crippen molar-refractivity contribution >= 4 is 22.9 Å². The predicted molar refractivity (Wildman–Crippen MR) is 72.7 cm³/mol. The Bertz CT molecular complexity index is 478. The molecule has 0 spiro atoms. The number of hydrogen-bond acceptors (Lipinski definition) is 3.